The second-order valence-electron chi connectivity index (χ2n) is 6.88. The third-order valence-corrected chi connectivity index (χ3v) is 6.12. The first kappa shape index (κ1) is 23.9. The predicted octanol–water partition coefficient (Wildman–Crippen LogP) is 5.57. The van der Waals surface area contributed by atoms with Crippen molar-refractivity contribution < 1.29 is 4.79 Å². The average molecular weight is 554 g/mol. The van der Waals surface area contributed by atoms with Gasteiger partial charge in [0.25, 0.3) is 5.91 Å². The standard InChI is InChI=1S/C24H18BrClN6OS/c25-19-8-10-21(11-9-19)32-23(18-7-4-12-27-14-18)30-31-24(32)34-16-22(33)29-28-15-20(26)13-17-5-2-1-3-6-17/h1-15H,16H2,(H,29,33). The highest BCUT2D eigenvalue weighted by molar-refractivity contribution is 9.10. The Hall–Kier alpha value is -3.27. The van der Waals surface area contributed by atoms with Crippen molar-refractivity contribution in [1.29, 1.82) is 0 Å². The maximum Gasteiger partial charge on any atom is 0.250 e. The Kier molecular flexibility index (Phi) is 8.24. The molecule has 1 N–H and O–H groups in total. The zero-order valence-corrected chi connectivity index (χ0v) is 20.8. The number of carbonyl (C=O) groups excluding carboxylic acids is 1. The molecule has 0 saturated carbocycles. The number of aromatic nitrogens is 4. The molecule has 0 fully saturated rings. The van der Waals surface area contributed by atoms with Gasteiger partial charge in [0.15, 0.2) is 11.0 Å². The number of hydrogen-bond donors (Lipinski definition) is 1. The van der Waals surface area contributed by atoms with Crippen LogP contribution in [0.3, 0.4) is 0 Å². The first-order chi connectivity index (χ1) is 16.6. The van der Waals surface area contributed by atoms with E-state index in [4.69, 9.17) is 11.6 Å². The van der Waals surface area contributed by atoms with Crippen LogP contribution in [0.5, 0.6) is 0 Å². The van der Waals surface area contributed by atoms with Gasteiger partial charge in [-0.2, -0.15) is 5.10 Å². The van der Waals surface area contributed by atoms with Crippen LogP contribution in [-0.4, -0.2) is 37.6 Å². The quantitative estimate of drug-likeness (QED) is 0.175. The fourth-order valence-electron chi connectivity index (χ4n) is 2.94. The minimum absolute atomic E-state index is 0.0963. The summed E-state index contributed by atoms with van der Waals surface area (Å²) in [4.78, 5) is 16.5. The first-order valence-corrected chi connectivity index (χ1v) is 12.2. The number of pyridine rings is 1. The van der Waals surface area contributed by atoms with Crippen molar-refractivity contribution in [1.82, 2.24) is 25.2 Å². The van der Waals surface area contributed by atoms with Crippen LogP contribution in [0.25, 0.3) is 23.2 Å². The minimum atomic E-state index is -0.293. The van der Waals surface area contributed by atoms with Crippen LogP contribution >= 0.6 is 39.3 Å². The Morgan fingerprint density at radius 2 is 1.88 bits per heavy atom. The lowest BCUT2D eigenvalue weighted by Crippen LogP contribution is -2.19. The predicted molar refractivity (Wildman–Crippen MR) is 140 cm³/mol. The molecular formula is C24H18BrClN6OS. The lowest BCUT2D eigenvalue weighted by atomic mass is 10.2. The van der Waals surface area contributed by atoms with E-state index in [2.05, 4.69) is 41.6 Å². The molecule has 7 nitrogen and oxygen atoms in total. The number of thioether (sulfide) groups is 1. The Balaban J connectivity index is 1.45. The summed E-state index contributed by atoms with van der Waals surface area (Å²) in [6.45, 7) is 0. The molecule has 0 atom stereocenters. The molecule has 0 aliphatic rings. The molecule has 0 aliphatic heterocycles. The summed E-state index contributed by atoms with van der Waals surface area (Å²) in [6, 6.07) is 21.1. The van der Waals surface area contributed by atoms with Crippen LogP contribution in [0.1, 0.15) is 5.56 Å². The summed E-state index contributed by atoms with van der Waals surface area (Å²) < 4.78 is 2.85. The monoisotopic (exact) mass is 552 g/mol. The molecule has 0 bridgehead atoms. The van der Waals surface area contributed by atoms with Crippen molar-refractivity contribution in [2.45, 2.75) is 5.16 Å². The molecule has 4 aromatic rings. The molecule has 0 saturated heterocycles. The number of allylic oxidation sites excluding steroid dienone is 1. The zero-order valence-electron chi connectivity index (χ0n) is 17.7. The van der Waals surface area contributed by atoms with E-state index < -0.39 is 0 Å². The van der Waals surface area contributed by atoms with Crippen LogP contribution in [0.4, 0.5) is 0 Å². The number of hydrogen-bond acceptors (Lipinski definition) is 6. The van der Waals surface area contributed by atoms with E-state index >= 15 is 0 Å². The summed E-state index contributed by atoms with van der Waals surface area (Å²) in [5.41, 5.74) is 5.11. The smallest absolute Gasteiger partial charge is 0.250 e. The number of amides is 1. The van der Waals surface area contributed by atoms with Gasteiger partial charge in [0.1, 0.15) is 0 Å². The third-order valence-electron chi connectivity index (χ3n) is 4.45. The number of nitrogens with one attached hydrogen (secondary N) is 1. The summed E-state index contributed by atoms with van der Waals surface area (Å²) in [5.74, 6) is 0.437. The van der Waals surface area contributed by atoms with E-state index in [1.807, 2.05) is 71.3 Å². The van der Waals surface area contributed by atoms with E-state index in [0.717, 1.165) is 21.3 Å². The van der Waals surface area contributed by atoms with Gasteiger partial charge < -0.3 is 0 Å². The molecule has 34 heavy (non-hydrogen) atoms. The Morgan fingerprint density at radius 1 is 1.09 bits per heavy atom. The van der Waals surface area contributed by atoms with Gasteiger partial charge in [-0.3, -0.25) is 14.3 Å². The zero-order chi connectivity index (χ0) is 23.8. The van der Waals surface area contributed by atoms with E-state index in [-0.39, 0.29) is 11.7 Å². The summed E-state index contributed by atoms with van der Waals surface area (Å²) >= 11 is 10.9. The van der Waals surface area contributed by atoms with Crippen LogP contribution < -0.4 is 5.43 Å². The molecule has 0 spiro atoms. The lowest BCUT2D eigenvalue weighted by molar-refractivity contribution is -0.118. The molecule has 4 rings (SSSR count). The molecule has 2 aromatic carbocycles. The maximum atomic E-state index is 12.3. The van der Waals surface area contributed by atoms with E-state index in [9.17, 15) is 4.79 Å². The largest absolute Gasteiger partial charge is 0.272 e. The lowest BCUT2D eigenvalue weighted by Gasteiger charge is -2.10. The first-order valence-electron chi connectivity index (χ1n) is 10.1. The number of carbonyl (C=O) groups is 1. The summed E-state index contributed by atoms with van der Waals surface area (Å²) in [5, 5.41) is 13.5. The number of hydrazone groups is 1. The summed E-state index contributed by atoms with van der Waals surface area (Å²) in [6.07, 6.45) is 6.57. The van der Waals surface area contributed by atoms with Crippen molar-refractivity contribution in [3.63, 3.8) is 0 Å². The van der Waals surface area contributed by atoms with E-state index in [1.165, 1.54) is 18.0 Å². The molecular weight excluding hydrogens is 536 g/mol. The van der Waals surface area contributed by atoms with Crippen molar-refractivity contribution >= 4 is 57.5 Å². The fraction of sp³-hybridized carbons (Fsp3) is 0.0417. The van der Waals surface area contributed by atoms with Crippen molar-refractivity contribution in [3.05, 3.63) is 94.2 Å². The van der Waals surface area contributed by atoms with Gasteiger partial charge in [-0.1, -0.05) is 69.6 Å². The van der Waals surface area contributed by atoms with Gasteiger partial charge in [0, 0.05) is 28.1 Å². The maximum absolute atomic E-state index is 12.3. The number of halogens is 2. The fourth-order valence-corrected chi connectivity index (χ4v) is 4.13. The van der Waals surface area contributed by atoms with E-state index in [0.29, 0.717) is 16.0 Å². The minimum Gasteiger partial charge on any atom is -0.272 e. The molecule has 0 aliphatic carbocycles. The number of nitrogens with zero attached hydrogens (tertiary/aromatic N) is 5. The molecule has 1 amide bonds. The van der Waals surface area contributed by atoms with Crippen LogP contribution in [0, 0.1) is 0 Å². The topological polar surface area (TPSA) is 85.1 Å². The molecule has 10 heteroatoms. The molecule has 2 heterocycles. The molecule has 0 radical (unpaired) electrons. The molecule has 0 unspecified atom stereocenters. The SMILES string of the molecule is O=C(CSc1nnc(-c2cccnc2)n1-c1ccc(Br)cc1)NN=CC(Cl)=Cc1ccccc1. The van der Waals surface area contributed by atoms with Crippen LogP contribution in [0.15, 0.2) is 98.9 Å². The van der Waals surface area contributed by atoms with Gasteiger partial charge >= 0.3 is 0 Å². The highest BCUT2D eigenvalue weighted by Crippen LogP contribution is 2.28. The Labute approximate surface area is 214 Å². The van der Waals surface area contributed by atoms with Gasteiger partial charge in [0.2, 0.25) is 0 Å². The highest BCUT2D eigenvalue weighted by atomic mass is 79.9. The van der Waals surface area contributed by atoms with Gasteiger partial charge in [-0.25, -0.2) is 5.43 Å². The normalized spacial score (nSPS) is 11.6. The van der Waals surface area contributed by atoms with Gasteiger partial charge in [0.05, 0.1) is 17.0 Å². The second kappa shape index (κ2) is 11.7. The average Bonchev–Trinajstić information content (AvgIpc) is 3.28. The Bertz CT molecular complexity index is 1310. The van der Waals surface area contributed by atoms with Gasteiger partial charge in [-0.15, -0.1) is 10.2 Å². The van der Waals surface area contributed by atoms with Gasteiger partial charge in [-0.05, 0) is 48.0 Å². The van der Waals surface area contributed by atoms with Crippen LogP contribution in [-0.2, 0) is 4.79 Å². The second-order valence-corrected chi connectivity index (χ2v) is 9.18. The Morgan fingerprint density at radius 3 is 2.62 bits per heavy atom. The molecule has 170 valence electrons. The molecule has 2 aromatic heterocycles. The summed E-state index contributed by atoms with van der Waals surface area (Å²) in [7, 11) is 0. The van der Waals surface area contributed by atoms with Crippen molar-refractivity contribution in [2.75, 3.05) is 5.75 Å². The van der Waals surface area contributed by atoms with E-state index in [1.54, 1.807) is 18.5 Å². The van der Waals surface area contributed by atoms with Crippen molar-refractivity contribution in [3.8, 4) is 17.1 Å². The van der Waals surface area contributed by atoms with Crippen molar-refractivity contribution in [2.24, 2.45) is 5.10 Å². The van der Waals surface area contributed by atoms with Crippen LogP contribution in [0.2, 0.25) is 0 Å². The highest BCUT2D eigenvalue weighted by Gasteiger charge is 2.17. The third kappa shape index (κ3) is 6.40. The number of rotatable bonds is 8. The number of benzene rings is 2.